The highest BCUT2D eigenvalue weighted by Gasteiger charge is 2.16. The van der Waals surface area contributed by atoms with Crippen LogP contribution in [0.2, 0.25) is 0 Å². The lowest BCUT2D eigenvalue weighted by molar-refractivity contribution is -0.129. The molecule has 2 aromatic carbocycles. The van der Waals surface area contributed by atoms with Crippen molar-refractivity contribution < 1.29 is 9.53 Å². The standard InChI is InChI=1S/C25H30N2O2S/c1-21-10-6-7-11-22(21)18-26-15-8-12-23(26)19-27(16-9-17-29-2)25(28)20-30-24-13-4-3-5-14-24/h3-8,10-15H,9,16-20H2,1-2H3. The molecule has 0 aliphatic rings. The smallest absolute Gasteiger partial charge is 0.233 e. The Hall–Kier alpha value is -2.50. The minimum absolute atomic E-state index is 0.156. The van der Waals surface area contributed by atoms with E-state index in [1.807, 2.05) is 35.2 Å². The van der Waals surface area contributed by atoms with E-state index in [2.05, 4.69) is 54.1 Å². The van der Waals surface area contributed by atoms with Gasteiger partial charge in [0, 0.05) is 43.6 Å². The van der Waals surface area contributed by atoms with E-state index in [4.69, 9.17) is 4.74 Å². The van der Waals surface area contributed by atoms with E-state index in [1.54, 1.807) is 18.9 Å². The normalized spacial score (nSPS) is 10.9. The van der Waals surface area contributed by atoms with Gasteiger partial charge in [0.1, 0.15) is 0 Å². The molecule has 0 saturated heterocycles. The summed E-state index contributed by atoms with van der Waals surface area (Å²) in [6, 6.07) is 22.7. The van der Waals surface area contributed by atoms with Crippen molar-refractivity contribution >= 4 is 17.7 Å². The van der Waals surface area contributed by atoms with Gasteiger partial charge < -0.3 is 14.2 Å². The number of thioether (sulfide) groups is 1. The second kappa shape index (κ2) is 11.6. The summed E-state index contributed by atoms with van der Waals surface area (Å²) in [5.74, 6) is 0.596. The molecule has 0 saturated carbocycles. The lowest BCUT2D eigenvalue weighted by atomic mass is 10.1. The summed E-state index contributed by atoms with van der Waals surface area (Å²) >= 11 is 1.59. The average Bonchev–Trinajstić information content (AvgIpc) is 3.20. The molecule has 3 rings (SSSR count). The molecule has 158 valence electrons. The van der Waals surface area contributed by atoms with Crippen LogP contribution >= 0.6 is 11.8 Å². The molecule has 0 fully saturated rings. The Labute approximate surface area is 183 Å². The van der Waals surface area contributed by atoms with E-state index in [0.717, 1.165) is 23.6 Å². The van der Waals surface area contributed by atoms with Crippen molar-refractivity contribution in [2.24, 2.45) is 0 Å². The molecule has 0 aliphatic heterocycles. The number of benzene rings is 2. The molecular weight excluding hydrogens is 392 g/mol. The fraction of sp³-hybridized carbons (Fsp3) is 0.320. The number of rotatable bonds is 11. The second-order valence-electron chi connectivity index (χ2n) is 7.32. The summed E-state index contributed by atoms with van der Waals surface area (Å²) in [5, 5.41) is 0. The number of ether oxygens (including phenoxy) is 1. The first kappa shape index (κ1) is 22.2. The summed E-state index contributed by atoms with van der Waals surface area (Å²) in [4.78, 5) is 16.1. The van der Waals surface area contributed by atoms with Crippen LogP contribution in [-0.4, -0.2) is 41.4 Å². The van der Waals surface area contributed by atoms with E-state index in [0.29, 0.717) is 25.4 Å². The zero-order chi connectivity index (χ0) is 21.2. The SMILES string of the molecule is COCCCN(Cc1cccn1Cc1ccccc1C)C(=O)CSc1ccccc1. The summed E-state index contributed by atoms with van der Waals surface area (Å²) in [6.07, 6.45) is 2.93. The van der Waals surface area contributed by atoms with Crippen LogP contribution < -0.4 is 0 Å². The molecule has 1 heterocycles. The number of methoxy groups -OCH3 is 1. The Kier molecular flexibility index (Phi) is 8.60. The summed E-state index contributed by atoms with van der Waals surface area (Å²) in [7, 11) is 1.70. The van der Waals surface area contributed by atoms with Crippen LogP contribution in [0.5, 0.6) is 0 Å². The van der Waals surface area contributed by atoms with Gasteiger partial charge in [-0.2, -0.15) is 0 Å². The highest BCUT2D eigenvalue weighted by molar-refractivity contribution is 8.00. The van der Waals surface area contributed by atoms with Crippen molar-refractivity contribution in [1.82, 2.24) is 9.47 Å². The van der Waals surface area contributed by atoms with Crippen LogP contribution in [0.4, 0.5) is 0 Å². The maximum atomic E-state index is 13.0. The van der Waals surface area contributed by atoms with Gasteiger partial charge in [0.15, 0.2) is 0 Å². The van der Waals surface area contributed by atoms with Crippen LogP contribution in [-0.2, 0) is 22.6 Å². The van der Waals surface area contributed by atoms with Crippen molar-refractivity contribution in [3.8, 4) is 0 Å². The van der Waals surface area contributed by atoms with Gasteiger partial charge in [-0.15, -0.1) is 11.8 Å². The Morgan fingerprint density at radius 1 is 1.03 bits per heavy atom. The number of carbonyl (C=O) groups is 1. The molecule has 4 nitrogen and oxygen atoms in total. The van der Waals surface area contributed by atoms with Crippen LogP contribution in [0.3, 0.4) is 0 Å². The quantitative estimate of drug-likeness (QED) is 0.322. The number of aryl methyl sites for hydroxylation is 1. The van der Waals surface area contributed by atoms with Crippen LogP contribution in [0.15, 0.2) is 77.8 Å². The molecule has 0 unspecified atom stereocenters. The number of amides is 1. The van der Waals surface area contributed by atoms with Crippen LogP contribution in [0, 0.1) is 6.92 Å². The molecule has 0 radical (unpaired) electrons. The molecular formula is C25H30N2O2S. The predicted molar refractivity (Wildman–Crippen MR) is 124 cm³/mol. The summed E-state index contributed by atoms with van der Waals surface area (Å²) < 4.78 is 7.44. The molecule has 1 aromatic heterocycles. The maximum absolute atomic E-state index is 13.0. The Morgan fingerprint density at radius 3 is 2.57 bits per heavy atom. The maximum Gasteiger partial charge on any atom is 0.233 e. The third-order valence-electron chi connectivity index (χ3n) is 5.11. The van der Waals surface area contributed by atoms with Gasteiger partial charge in [0.05, 0.1) is 12.3 Å². The zero-order valence-electron chi connectivity index (χ0n) is 17.8. The van der Waals surface area contributed by atoms with Crippen LogP contribution in [0.1, 0.15) is 23.2 Å². The molecule has 0 bridgehead atoms. The molecule has 0 spiro atoms. The van der Waals surface area contributed by atoms with Crippen molar-refractivity contribution in [2.75, 3.05) is 26.0 Å². The van der Waals surface area contributed by atoms with Crippen molar-refractivity contribution in [2.45, 2.75) is 31.3 Å². The minimum atomic E-state index is 0.156. The molecule has 0 atom stereocenters. The summed E-state index contributed by atoms with van der Waals surface area (Å²) in [5.41, 5.74) is 3.73. The topological polar surface area (TPSA) is 34.5 Å². The number of hydrogen-bond acceptors (Lipinski definition) is 3. The lowest BCUT2D eigenvalue weighted by Crippen LogP contribution is -2.34. The molecule has 0 aliphatic carbocycles. The second-order valence-corrected chi connectivity index (χ2v) is 8.37. The average molecular weight is 423 g/mol. The molecule has 5 heteroatoms. The van der Waals surface area contributed by atoms with E-state index >= 15 is 0 Å². The number of hydrogen-bond donors (Lipinski definition) is 0. The fourth-order valence-corrected chi connectivity index (χ4v) is 4.18. The van der Waals surface area contributed by atoms with E-state index in [9.17, 15) is 4.79 Å². The van der Waals surface area contributed by atoms with Crippen molar-refractivity contribution in [1.29, 1.82) is 0 Å². The van der Waals surface area contributed by atoms with Crippen molar-refractivity contribution in [3.05, 3.63) is 89.7 Å². The lowest BCUT2D eigenvalue weighted by Gasteiger charge is -2.24. The van der Waals surface area contributed by atoms with Gasteiger partial charge in [0.25, 0.3) is 0 Å². The predicted octanol–water partition coefficient (Wildman–Crippen LogP) is 5.00. The molecule has 3 aromatic rings. The Balaban J connectivity index is 1.68. The molecule has 1 amide bonds. The number of carbonyl (C=O) groups excluding carboxylic acids is 1. The van der Waals surface area contributed by atoms with E-state index < -0.39 is 0 Å². The fourth-order valence-electron chi connectivity index (χ4n) is 3.36. The largest absolute Gasteiger partial charge is 0.385 e. The first-order chi connectivity index (χ1) is 14.7. The molecule has 30 heavy (non-hydrogen) atoms. The first-order valence-electron chi connectivity index (χ1n) is 10.3. The number of aromatic nitrogens is 1. The van der Waals surface area contributed by atoms with E-state index in [1.165, 1.54) is 11.1 Å². The Bertz CT molecular complexity index is 924. The number of nitrogens with zero attached hydrogens (tertiary/aromatic N) is 2. The monoisotopic (exact) mass is 422 g/mol. The van der Waals surface area contributed by atoms with Crippen molar-refractivity contribution in [3.63, 3.8) is 0 Å². The van der Waals surface area contributed by atoms with Gasteiger partial charge >= 0.3 is 0 Å². The van der Waals surface area contributed by atoms with Gasteiger partial charge in [-0.1, -0.05) is 42.5 Å². The minimum Gasteiger partial charge on any atom is -0.385 e. The first-order valence-corrected chi connectivity index (χ1v) is 11.3. The summed E-state index contributed by atoms with van der Waals surface area (Å²) in [6.45, 7) is 4.90. The van der Waals surface area contributed by atoms with Gasteiger partial charge in [-0.25, -0.2) is 0 Å². The van der Waals surface area contributed by atoms with Gasteiger partial charge in [-0.3, -0.25) is 4.79 Å². The highest BCUT2D eigenvalue weighted by Crippen LogP contribution is 2.19. The van der Waals surface area contributed by atoms with Gasteiger partial charge in [0.2, 0.25) is 5.91 Å². The molecule has 0 N–H and O–H groups in total. The Morgan fingerprint density at radius 2 is 1.80 bits per heavy atom. The van der Waals surface area contributed by atoms with Crippen LogP contribution in [0.25, 0.3) is 0 Å². The third-order valence-corrected chi connectivity index (χ3v) is 6.11. The highest BCUT2D eigenvalue weighted by atomic mass is 32.2. The zero-order valence-corrected chi connectivity index (χ0v) is 18.6. The van der Waals surface area contributed by atoms with E-state index in [-0.39, 0.29) is 5.91 Å². The third kappa shape index (κ3) is 6.51. The van der Waals surface area contributed by atoms with Gasteiger partial charge in [-0.05, 0) is 48.7 Å².